The normalized spacial score (nSPS) is 10.8. The smallest absolute Gasteiger partial charge is 0.269 e. The number of hydrogen-bond donors (Lipinski definition) is 2. The minimum absolute atomic E-state index is 0.168. The third-order valence-corrected chi connectivity index (χ3v) is 6.45. The molecule has 0 fully saturated rings. The van der Waals surface area contributed by atoms with Gasteiger partial charge in [-0.05, 0) is 47.4 Å². The number of carbonyl (C=O) groups excluding carboxylic acids is 2. The number of rotatable bonds is 6. The van der Waals surface area contributed by atoms with Crippen LogP contribution < -0.4 is 10.9 Å². The van der Waals surface area contributed by atoms with E-state index in [2.05, 4.69) is 33.6 Å². The molecule has 0 unspecified atom stereocenters. The van der Waals surface area contributed by atoms with E-state index in [4.69, 9.17) is 0 Å². The average molecular weight is 474 g/mol. The quantitative estimate of drug-likeness (QED) is 0.312. The van der Waals surface area contributed by atoms with Gasteiger partial charge in [-0.15, -0.1) is 0 Å². The van der Waals surface area contributed by atoms with Crippen LogP contribution in [0.15, 0.2) is 109 Å². The van der Waals surface area contributed by atoms with Crippen molar-refractivity contribution in [2.45, 2.75) is 19.9 Å². The first-order valence-electron chi connectivity index (χ1n) is 12.0. The standard InChI is InChI=1S/C31H27N3O2/c1-22-28(27-14-8-9-15-29(27)34(22)21-23-10-4-2-5-11-23)20-30(35)32-33-31(36)26-18-16-25(17-19-26)24-12-6-3-7-13-24/h2-19H,20-21H2,1H3,(H,32,35)(H,33,36). The van der Waals surface area contributed by atoms with Crippen LogP contribution in [-0.4, -0.2) is 16.4 Å². The summed E-state index contributed by atoms with van der Waals surface area (Å²) >= 11 is 0. The lowest BCUT2D eigenvalue weighted by atomic mass is 10.0. The minimum Gasteiger partial charge on any atom is -0.340 e. The summed E-state index contributed by atoms with van der Waals surface area (Å²) in [5, 5.41) is 1.05. The first-order chi connectivity index (χ1) is 17.6. The van der Waals surface area contributed by atoms with Crippen molar-refractivity contribution in [3.05, 3.63) is 132 Å². The molecule has 1 aromatic heterocycles. The molecule has 4 aromatic carbocycles. The Kier molecular flexibility index (Phi) is 6.63. The molecule has 0 saturated carbocycles. The lowest BCUT2D eigenvalue weighted by Crippen LogP contribution is -2.42. The summed E-state index contributed by atoms with van der Waals surface area (Å²) in [6.45, 7) is 2.77. The van der Waals surface area contributed by atoms with Crippen molar-refractivity contribution < 1.29 is 9.59 Å². The molecule has 178 valence electrons. The Hall–Kier alpha value is -4.64. The first-order valence-corrected chi connectivity index (χ1v) is 12.0. The van der Waals surface area contributed by atoms with E-state index in [1.807, 2.05) is 85.8 Å². The highest BCUT2D eigenvalue weighted by atomic mass is 16.2. The number of fused-ring (bicyclic) bond motifs is 1. The van der Waals surface area contributed by atoms with Crippen molar-refractivity contribution >= 4 is 22.7 Å². The molecule has 5 rings (SSSR count). The monoisotopic (exact) mass is 473 g/mol. The lowest BCUT2D eigenvalue weighted by Gasteiger charge is -2.10. The van der Waals surface area contributed by atoms with Crippen molar-refractivity contribution in [3.63, 3.8) is 0 Å². The van der Waals surface area contributed by atoms with Crippen molar-refractivity contribution in [1.82, 2.24) is 15.4 Å². The zero-order chi connectivity index (χ0) is 24.9. The molecular formula is C31H27N3O2. The van der Waals surface area contributed by atoms with Gasteiger partial charge in [0.25, 0.3) is 5.91 Å². The Bertz CT molecular complexity index is 1500. The molecule has 5 heteroatoms. The maximum absolute atomic E-state index is 12.8. The van der Waals surface area contributed by atoms with E-state index in [-0.39, 0.29) is 18.2 Å². The number of hydrazine groups is 1. The van der Waals surface area contributed by atoms with Gasteiger partial charge in [0, 0.05) is 28.7 Å². The van der Waals surface area contributed by atoms with E-state index in [1.165, 1.54) is 5.56 Å². The van der Waals surface area contributed by atoms with Crippen LogP contribution in [0.4, 0.5) is 0 Å². The summed E-state index contributed by atoms with van der Waals surface area (Å²) in [6, 6.07) is 35.7. The van der Waals surface area contributed by atoms with E-state index < -0.39 is 0 Å². The molecule has 5 nitrogen and oxygen atoms in total. The van der Waals surface area contributed by atoms with E-state index in [9.17, 15) is 9.59 Å². The topological polar surface area (TPSA) is 63.1 Å². The molecule has 0 aliphatic carbocycles. The minimum atomic E-state index is -0.355. The summed E-state index contributed by atoms with van der Waals surface area (Å²) in [4.78, 5) is 25.4. The second kappa shape index (κ2) is 10.3. The maximum atomic E-state index is 12.8. The van der Waals surface area contributed by atoms with Crippen molar-refractivity contribution in [2.24, 2.45) is 0 Å². The van der Waals surface area contributed by atoms with Crippen LogP contribution in [-0.2, 0) is 17.8 Å². The number of nitrogens with zero attached hydrogens (tertiary/aromatic N) is 1. The zero-order valence-electron chi connectivity index (χ0n) is 20.1. The molecule has 0 saturated heterocycles. The molecule has 0 bridgehead atoms. The fourth-order valence-corrected chi connectivity index (χ4v) is 4.54. The van der Waals surface area contributed by atoms with Crippen LogP contribution in [0.1, 0.15) is 27.2 Å². The Balaban J connectivity index is 1.27. The summed E-state index contributed by atoms with van der Waals surface area (Å²) in [6.07, 6.45) is 0.168. The number of aromatic nitrogens is 1. The molecule has 1 heterocycles. The highest BCUT2D eigenvalue weighted by Crippen LogP contribution is 2.27. The van der Waals surface area contributed by atoms with Crippen LogP contribution >= 0.6 is 0 Å². The average Bonchev–Trinajstić information content (AvgIpc) is 3.19. The molecule has 0 radical (unpaired) electrons. The molecule has 0 spiro atoms. The summed E-state index contributed by atoms with van der Waals surface area (Å²) < 4.78 is 2.24. The second-order valence-corrected chi connectivity index (χ2v) is 8.78. The van der Waals surface area contributed by atoms with Crippen LogP contribution in [0.5, 0.6) is 0 Å². The second-order valence-electron chi connectivity index (χ2n) is 8.78. The summed E-state index contributed by atoms with van der Waals surface area (Å²) in [7, 11) is 0. The largest absolute Gasteiger partial charge is 0.340 e. The molecule has 0 aliphatic rings. The van der Waals surface area contributed by atoms with E-state index in [0.717, 1.165) is 39.8 Å². The van der Waals surface area contributed by atoms with Gasteiger partial charge in [-0.2, -0.15) is 0 Å². The molecule has 0 aliphatic heterocycles. The van der Waals surface area contributed by atoms with Gasteiger partial charge < -0.3 is 4.57 Å². The van der Waals surface area contributed by atoms with Crippen molar-refractivity contribution in [1.29, 1.82) is 0 Å². The van der Waals surface area contributed by atoms with Gasteiger partial charge in [0.2, 0.25) is 5.91 Å². The van der Waals surface area contributed by atoms with Crippen molar-refractivity contribution in [3.8, 4) is 11.1 Å². The highest BCUT2D eigenvalue weighted by molar-refractivity contribution is 5.96. The van der Waals surface area contributed by atoms with Crippen LogP contribution in [0, 0.1) is 6.92 Å². The molecule has 5 aromatic rings. The number of nitrogens with one attached hydrogen (secondary N) is 2. The molecule has 36 heavy (non-hydrogen) atoms. The van der Waals surface area contributed by atoms with Gasteiger partial charge in [-0.25, -0.2) is 0 Å². The van der Waals surface area contributed by atoms with Gasteiger partial charge in [-0.1, -0.05) is 91.0 Å². The molecule has 2 N–H and O–H groups in total. The Morgan fingerprint density at radius 2 is 1.31 bits per heavy atom. The number of benzene rings is 4. The number of amides is 2. The lowest BCUT2D eigenvalue weighted by molar-refractivity contribution is -0.121. The van der Waals surface area contributed by atoms with Gasteiger partial charge in [-0.3, -0.25) is 20.4 Å². The Morgan fingerprint density at radius 1 is 0.694 bits per heavy atom. The third kappa shape index (κ3) is 4.91. The molecule has 0 atom stereocenters. The Labute approximate surface area is 210 Å². The predicted molar refractivity (Wildman–Crippen MR) is 143 cm³/mol. The third-order valence-electron chi connectivity index (χ3n) is 6.45. The van der Waals surface area contributed by atoms with Crippen LogP contribution in [0.2, 0.25) is 0 Å². The molecule has 2 amide bonds. The molecular weight excluding hydrogens is 446 g/mol. The van der Waals surface area contributed by atoms with Gasteiger partial charge in [0.05, 0.1) is 6.42 Å². The highest BCUT2D eigenvalue weighted by Gasteiger charge is 2.17. The number of para-hydroxylation sites is 1. The SMILES string of the molecule is Cc1c(CC(=O)NNC(=O)c2ccc(-c3ccccc3)cc2)c2ccccc2n1Cc1ccccc1. The van der Waals surface area contributed by atoms with E-state index in [1.54, 1.807) is 12.1 Å². The fraction of sp³-hybridized carbons (Fsp3) is 0.0968. The number of carbonyl (C=O) groups is 2. The van der Waals surface area contributed by atoms with Gasteiger partial charge >= 0.3 is 0 Å². The van der Waals surface area contributed by atoms with Gasteiger partial charge in [0.1, 0.15) is 0 Å². The van der Waals surface area contributed by atoms with Crippen LogP contribution in [0.25, 0.3) is 22.0 Å². The Morgan fingerprint density at radius 3 is 2.03 bits per heavy atom. The van der Waals surface area contributed by atoms with E-state index in [0.29, 0.717) is 5.56 Å². The van der Waals surface area contributed by atoms with Crippen LogP contribution in [0.3, 0.4) is 0 Å². The zero-order valence-corrected chi connectivity index (χ0v) is 20.1. The first kappa shape index (κ1) is 23.1. The van der Waals surface area contributed by atoms with Gasteiger partial charge in [0.15, 0.2) is 0 Å². The summed E-state index contributed by atoms with van der Waals surface area (Å²) in [5.41, 5.74) is 12.0. The number of hydrogen-bond acceptors (Lipinski definition) is 2. The summed E-state index contributed by atoms with van der Waals surface area (Å²) in [5.74, 6) is -0.624. The van der Waals surface area contributed by atoms with Crippen molar-refractivity contribution in [2.75, 3.05) is 0 Å². The maximum Gasteiger partial charge on any atom is 0.269 e. The predicted octanol–water partition coefficient (Wildman–Crippen LogP) is 5.67. The van der Waals surface area contributed by atoms with E-state index >= 15 is 0 Å². The fourth-order valence-electron chi connectivity index (χ4n) is 4.54.